The number of rotatable bonds is 8. The van der Waals surface area contributed by atoms with E-state index in [0.29, 0.717) is 23.0 Å². The van der Waals surface area contributed by atoms with E-state index in [1.807, 2.05) is 24.3 Å². The Balaban J connectivity index is 2.05. The van der Waals surface area contributed by atoms with Crippen molar-refractivity contribution in [1.82, 2.24) is 0 Å². The monoisotopic (exact) mass is 398 g/mol. The number of esters is 1. The SMILES string of the molecule is COc1cc(CCc2ccc(OC(=O)C(Cl)Cl)cc2)cc(OC)c1OC. The molecule has 2 aromatic rings. The van der Waals surface area contributed by atoms with Crippen molar-refractivity contribution in [1.29, 1.82) is 0 Å². The van der Waals surface area contributed by atoms with Gasteiger partial charge in [-0.1, -0.05) is 35.3 Å². The minimum atomic E-state index is -1.20. The quantitative estimate of drug-likeness (QED) is 0.378. The fraction of sp³-hybridized carbons (Fsp3) is 0.316. The molecule has 0 spiro atoms. The summed E-state index contributed by atoms with van der Waals surface area (Å²) in [6.45, 7) is 0. The van der Waals surface area contributed by atoms with Crippen molar-refractivity contribution in [3.63, 3.8) is 0 Å². The molecule has 0 amide bonds. The Kier molecular flexibility index (Phi) is 7.42. The summed E-state index contributed by atoms with van der Waals surface area (Å²) in [7, 11) is 4.76. The molecule has 26 heavy (non-hydrogen) atoms. The predicted octanol–water partition coefficient (Wildman–Crippen LogP) is 4.21. The first-order valence-corrected chi connectivity index (χ1v) is 8.73. The molecule has 0 atom stereocenters. The fourth-order valence-electron chi connectivity index (χ4n) is 2.45. The smallest absolute Gasteiger partial charge is 0.344 e. The molecule has 0 heterocycles. The van der Waals surface area contributed by atoms with E-state index in [1.165, 1.54) is 0 Å². The van der Waals surface area contributed by atoms with Crippen molar-refractivity contribution in [2.75, 3.05) is 21.3 Å². The Morgan fingerprint density at radius 1 is 0.885 bits per heavy atom. The van der Waals surface area contributed by atoms with Gasteiger partial charge in [-0.2, -0.15) is 0 Å². The van der Waals surface area contributed by atoms with Crippen molar-refractivity contribution in [3.05, 3.63) is 47.5 Å². The van der Waals surface area contributed by atoms with Gasteiger partial charge in [0.05, 0.1) is 21.3 Å². The maximum atomic E-state index is 11.4. The van der Waals surface area contributed by atoms with E-state index in [9.17, 15) is 4.79 Å². The van der Waals surface area contributed by atoms with E-state index in [1.54, 1.807) is 33.5 Å². The highest BCUT2D eigenvalue weighted by Gasteiger charge is 2.14. The van der Waals surface area contributed by atoms with E-state index >= 15 is 0 Å². The zero-order valence-corrected chi connectivity index (χ0v) is 16.3. The highest BCUT2D eigenvalue weighted by molar-refractivity contribution is 6.53. The summed E-state index contributed by atoms with van der Waals surface area (Å²) in [5.41, 5.74) is 2.15. The molecular weight excluding hydrogens is 379 g/mol. The highest BCUT2D eigenvalue weighted by atomic mass is 35.5. The molecule has 0 aliphatic heterocycles. The Bertz CT molecular complexity index is 719. The van der Waals surface area contributed by atoms with Crippen LogP contribution in [0.3, 0.4) is 0 Å². The third kappa shape index (κ3) is 5.19. The number of ether oxygens (including phenoxy) is 4. The summed E-state index contributed by atoms with van der Waals surface area (Å²) in [6.07, 6.45) is 1.57. The van der Waals surface area contributed by atoms with Gasteiger partial charge in [0.1, 0.15) is 5.75 Å². The molecule has 5 nitrogen and oxygen atoms in total. The van der Waals surface area contributed by atoms with Crippen LogP contribution in [-0.2, 0) is 17.6 Å². The lowest BCUT2D eigenvalue weighted by molar-refractivity contribution is -0.132. The van der Waals surface area contributed by atoms with Gasteiger partial charge in [-0.05, 0) is 48.2 Å². The maximum Gasteiger partial charge on any atom is 0.344 e. The second kappa shape index (κ2) is 9.55. The molecular formula is C19H20Cl2O5. The van der Waals surface area contributed by atoms with Gasteiger partial charge in [0.2, 0.25) is 10.6 Å². The van der Waals surface area contributed by atoms with Crippen LogP contribution in [0.5, 0.6) is 23.0 Å². The van der Waals surface area contributed by atoms with Crippen LogP contribution in [0.25, 0.3) is 0 Å². The number of alkyl halides is 2. The van der Waals surface area contributed by atoms with Crippen LogP contribution in [0.2, 0.25) is 0 Å². The molecule has 0 radical (unpaired) electrons. The number of hydrogen-bond acceptors (Lipinski definition) is 5. The predicted molar refractivity (Wildman–Crippen MR) is 101 cm³/mol. The molecule has 2 rings (SSSR count). The summed E-state index contributed by atoms with van der Waals surface area (Å²) < 4.78 is 21.1. The summed E-state index contributed by atoms with van der Waals surface area (Å²) in [4.78, 5) is 10.2. The van der Waals surface area contributed by atoms with E-state index < -0.39 is 10.8 Å². The second-order valence-electron chi connectivity index (χ2n) is 5.40. The first kappa shape index (κ1) is 20.2. The molecule has 7 heteroatoms. The van der Waals surface area contributed by atoms with Crippen molar-refractivity contribution in [2.45, 2.75) is 17.7 Å². The Labute approximate surface area is 162 Å². The zero-order chi connectivity index (χ0) is 19.1. The molecule has 140 valence electrons. The number of aryl methyl sites for hydroxylation is 2. The Hall–Kier alpha value is -2.11. The van der Waals surface area contributed by atoms with Crippen LogP contribution in [0.4, 0.5) is 0 Å². The van der Waals surface area contributed by atoms with E-state index in [-0.39, 0.29) is 0 Å². The zero-order valence-electron chi connectivity index (χ0n) is 14.8. The van der Waals surface area contributed by atoms with Gasteiger partial charge in [-0.15, -0.1) is 0 Å². The number of methoxy groups -OCH3 is 3. The lowest BCUT2D eigenvalue weighted by Gasteiger charge is -2.14. The van der Waals surface area contributed by atoms with Crippen LogP contribution in [0, 0.1) is 0 Å². The second-order valence-corrected chi connectivity index (χ2v) is 6.50. The van der Waals surface area contributed by atoms with Gasteiger partial charge >= 0.3 is 5.97 Å². The van der Waals surface area contributed by atoms with Crippen molar-refractivity contribution < 1.29 is 23.7 Å². The van der Waals surface area contributed by atoms with Crippen LogP contribution < -0.4 is 18.9 Å². The molecule has 0 unspecified atom stereocenters. The van der Waals surface area contributed by atoms with Crippen molar-refractivity contribution >= 4 is 29.2 Å². The average molecular weight is 399 g/mol. The molecule has 0 fully saturated rings. The number of benzene rings is 2. The van der Waals surface area contributed by atoms with E-state index in [0.717, 1.165) is 24.0 Å². The minimum Gasteiger partial charge on any atom is -0.493 e. The third-order valence-corrected chi connectivity index (χ3v) is 4.10. The summed E-state index contributed by atoms with van der Waals surface area (Å²) in [5, 5.41) is 0. The molecule has 0 N–H and O–H groups in total. The Morgan fingerprint density at radius 2 is 1.42 bits per heavy atom. The topological polar surface area (TPSA) is 54.0 Å². The van der Waals surface area contributed by atoms with Gasteiger partial charge in [0, 0.05) is 0 Å². The third-order valence-electron chi connectivity index (χ3n) is 3.75. The van der Waals surface area contributed by atoms with Crippen molar-refractivity contribution in [2.24, 2.45) is 0 Å². The van der Waals surface area contributed by atoms with Gasteiger partial charge in [-0.3, -0.25) is 0 Å². The minimum absolute atomic E-state index is 0.401. The first-order chi connectivity index (χ1) is 12.5. The van der Waals surface area contributed by atoms with Crippen LogP contribution in [-0.4, -0.2) is 32.1 Å². The lowest BCUT2D eigenvalue weighted by Crippen LogP contribution is -2.15. The molecule has 2 aromatic carbocycles. The number of carbonyl (C=O) groups excluding carboxylic acids is 1. The normalized spacial score (nSPS) is 10.5. The number of carbonyl (C=O) groups is 1. The van der Waals surface area contributed by atoms with Crippen LogP contribution in [0.15, 0.2) is 36.4 Å². The lowest BCUT2D eigenvalue weighted by atomic mass is 10.0. The van der Waals surface area contributed by atoms with Gasteiger partial charge in [-0.25, -0.2) is 4.79 Å². The largest absolute Gasteiger partial charge is 0.493 e. The molecule has 0 bridgehead atoms. The number of hydrogen-bond donors (Lipinski definition) is 0. The molecule has 0 aliphatic rings. The first-order valence-electron chi connectivity index (χ1n) is 7.86. The van der Waals surface area contributed by atoms with Gasteiger partial charge < -0.3 is 18.9 Å². The summed E-state index contributed by atoms with van der Waals surface area (Å²) >= 11 is 10.9. The van der Waals surface area contributed by atoms with E-state index in [2.05, 4.69) is 0 Å². The maximum absolute atomic E-state index is 11.4. The standard InChI is InChI=1S/C19H20Cl2O5/c1-23-15-10-13(11-16(24-2)17(15)25-3)5-4-12-6-8-14(9-7-12)26-19(22)18(20)21/h6-11,18H,4-5H2,1-3H3. The van der Waals surface area contributed by atoms with Gasteiger partial charge in [0.15, 0.2) is 11.5 Å². The Morgan fingerprint density at radius 3 is 1.88 bits per heavy atom. The molecule has 0 saturated heterocycles. The van der Waals surface area contributed by atoms with Crippen LogP contribution in [0.1, 0.15) is 11.1 Å². The fourth-order valence-corrected chi connectivity index (χ4v) is 2.54. The summed E-state index contributed by atoms with van der Waals surface area (Å²) in [6, 6.07) is 11.0. The van der Waals surface area contributed by atoms with Crippen molar-refractivity contribution in [3.8, 4) is 23.0 Å². The van der Waals surface area contributed by atoms with E-state index in [4.69, 9.17) is 42.1 Å². The molecule has 0 aliphatic carbocycles. The van der Waals surface area contributed by atoms with Gasteiger partial charge in [0.25, 0.3) is 0 Å². The van der Waals surface area contributed by atoms with Crippen LogP contribution >= 0.6 is 23.2 Å². The molecule has 0 aromatic heterocycles. The number of halogens is 2. The summed E-state index contributed by atoms with van der Waals surface area (Å²) in [5.74, 6) is 1.53. The average Bonchev–Trinajstić information content (AvgIpc) is 2.66. The highest BCUT2D eigenvalue weighted by Crippen LogP contribution is 2.38. The molecule has 0 saturated carbocycles.